The second kappa shape index (κ2) is 4.77. The molecular weight excluding hydrogens is 196 g/mol. The minimum absolute atomic E-state index is 1.26. The van der Waals surface area contributed by atoms with Gasteiger partial charge >= 0.3 is 0 Å². The van der Waals surface area contributed by atoms with Crippen LogP contribution in [0.25, 0.3) is 4.91 Å². The van der Waals surface area contributed by atoms with Crippen LogP contribution in [0, 0.1) is 0 Å². The normalized spacial score (nSPS) is 17.7. The third-order valence-corrected chi connectivity index (χ3v) is 4.15. The zero-order valence-electron chi connectivity index (χ0n) is 7.40. The lowest BCUT2D eigenvalue weighted by molar-refractivity contribution is 1.13. The van der Waals surface area contributed by atoms with Crippen molar-refractivity contribution in [3.63, 3.8) is 0 Å². The van der Waals surface area contributed by atoms with E-state index in [1.165, 1.54) is 28.4 Å². The molecule has 13 heavy (non-hydrogen) atoms. The van der Waals surface area contributed by atoms with Crippen molar-refractivity contribution in [3.05, 3.63) is 41.3 Å². The van der Waals surface area contributed by atoms with Gasteiger partial charge in [0.25, 0.3) is 0 Å². The van der Waals surface area contributed by atoms with E-state index < -0.39 is 0 Å². The highest BCUT2D eigenvalue weighted by atomic mass is 32.2. The minimum Gasteiger partial charge on any atom is -0.133 e. The van der Waals surface area contributed by atoms with Crippen LogP contribution >= 0.6 is 23.5 Å². The van der Waals surface area contributed by atoms with Crippen LogP contribution in [-0.4, -0.2) is 11.5 Å². The van der Waals surface area contributed by atoms with Gasteiger partial charge < -0.3 is 0 Å². The van der Waals surface area contributed by atoms with E-state index in [1.807, 2.05) is 23.5 Å². The zero-order valence-corrected chi connectivity index (χ0v) is 9.03. The maximum atomic E-state index is 2.30. The molecule has 1 aromatic rings. The molecule has 0 saturated carbocycles. The van der Waals surface area contributed by atoms with Crippen molar-refractivity contribution in [1.82, 2.24) is 0 Å². The van der Waals surface area contributed by atoms with E-state index in [0.29, 0.717) is 0 Å². The summed E-state index contributed by atoms with van der Waals surface area (Å²) in [6, 6.07) is 10.6. The van der Waals surface area contributed by atoms with E-state index >= 15 is 0 Å². The van der Waals surface area contributed by atoms with Crippen LogP contribution in [0.4, 0.5) is 0 Å². The number of benzene rings is 1. The van der Waals surface area contributed by atoms with Gasteiger partial charge in [0, 0.05) is 4.91 Å². The van der Waals surface area contributed by atoms with Gasteiger partial charge in [-0.15, -0.1) is 23.5 Å². The zero-order chi connectivity index (χ0) is 8.93. The van der Waals surface area contributed by atoms with Crippen LogP contribution in [0.15, 0.2) is 35.7 Å². The third-order valence-electron chi connectivity index (χ3n) is 1.91. The highest BCUT2D eigenvalue weighted by Crippen LogP contribution is 2.33. The standard InChI is InChI=1S/C11H12S2/c1-2-5-10(6-3-1)11-9-12-7-4-8-13-11/h1-3,5-6,9H,4,7-8H2. The van der Waals surface area contributed by atoms with Crippen molar-refractivity contribution >= 4 is 28.4 Å². The van der Waals surface area contributed by atoms with E-state index in [-0.39, 0.29) is 0 Å². The Kier molecular flexibility index (Phi) is 3.39. The van der Waals surface area contributed by atoms with Crippen molar-refractivity contribution in [2.75, 3.05) is 11.5 Å². The molecule has 0 fully saturated rings. The highest BCUT2D eigenvalue weighted by Gasteiger charge is 2.04. The first-order valence-corrected chi connectivity index (χ1v) is 6.50. The van der Waals surface area contributed by atoms with Crippen LogP contribution in [0.1, 0.15) is 12.0 Å². The topological polar surface area (TPSA) is 0 Å². The molecule has 0 aromatic heterocycles. The van der Waals surface area contributed by atoms with E-state index in [1.54, 1.807) is 0 Å². The summed E-state index contributed by atoms with van der Waals surface area (Å²) < 4.78 is 0. The summed E-state index contributed by atoms with van der Waals surface area (Å²) in [5.41, 5.74) is 1.36. The highest BCUT2D eigenvalue weighted by molar-refractivity contribution is 8.10. The fourth-order valence-corrected chi connectivity index (χ4v) is 3.43. The molecule has 0 aliphatic carbocycles. The molecule has 2 heteroatoms. The Bertz CT molecular complexity index is 290. The van der Waals surface area contributed by atoms with Gasteiger partial charge in [-0.05, 0) is 28.9 Å². The molecule has 0 unspecified atom stereocenters. The van der Waals surface area contributed by atoms with Crippen molar-refractivity contribution in [2.24, 2.45) is 0 Å². The van der Waals surface area contributed by atoms with Crippen LogP contribution < -0.4 is 0 Å². The average Bonchev–Trinajstić information content (AvgIpc) is 2.47. The lowest BCUT2D eigenvalue weighted by Crippen LogP contribution is -1.80. The van der Waals surface area contributed by atoms with Crippen LogP contribution in [0.5, 0.6) is 0 Å². The maximum Gasteiger partial charge on any atom is 0.0207 e. The molecule has 0 atom stereocenters. The van der Waals surface area contributed by atoms with Gasteiger partial charge in [0.15, 0.2) is 0 Å². The summed E-state index contributed by atoms with van der Waals surface area (Å²) in [7, 11) is 0. The van der Waals surface area contributed by atoms with E-state index in [9.17, 15) is 0 Å². The van der Waals surface area contributed by atoms with Gasteiger partial charge in [-0.25, -0.2) is 0 Å². The Hall–Kier alpha value is -0.340. The molecule has 1 aliphatic rings. The SMILES string of the molecule is C1=C(c2ccccc2)SCCCS1. The van der Waals surface area contributed by atoms with Gasteiger partial charge in [-0.2, -0.15) is 0 Å². The fraction of sp³-hybridized carbons (Fsp3) is 0.273. The van der Waals surface area contributed by atoms with Crippen molar-refractivity contribution in [2.45, 2.75) is 6.42 Å². The summed E-state index contributed by atoms with van der Waals surface area (Å²) in [6.07, 6.45) is 1.32. The molecule has 0 bridgehead atoms. The van der Waals surface area contributed by atoms with Gasteiger partial charge in [0.1, 0.15) is 0 Å². The van der Waals surface area contributed by atoms with Gasteiger partial charge in [0.05, 0.1) is 0 Å². The summed E-state index contributed by atoms with van der Waals surface area (Å²) in [5, 5.41) is 2.30. The van der Waals surface area contributed by atoms with E-state index in [0.717, 1.165) is 0 Å². The Morgan fingerprint density at radius 2 is 1.85 bits per heavy atom. The summed E-state index contributed by atoms with van der Waals surface area (Å²) in [4.78, 5) is 1.43. The molecule has 0 spiro atoms. The number of thioether (sulfide) groups is 2. The molecule has 2 rings (SSSR count). The molecule has 0 saturated heterocycles. The first kappa shape index (κ1) is 9.22. The molecule has 0 nitrogen and oxygen atoms in total. The third kappa shape index (κ3) is 2.55. The minimum atomic E-state index is 1.26. The Balaban J connectivity index is 2.19. The number of rotatable bonds is 1. The molecule has 68 valence electrons. The predicted molar refractivity (Wildman–Crippen MR) is 64.0 cm³/mol. The Morgan fingerprint density at radius 1 is 1.00 bits per heavy atom. The van der Waals surface area contributed by atoms with Gasteiger partial charge in [0.2, 0.25) is 0 Å². The lowest BCUT2D eigenvalue weighted by Gasteiger charge is -2.03. The largest absolute Gasteiger partial charge is 0.133 e. The smallest absolute Gasteiger partial charge is 0.0207 e. The fourth-order valence-electron chi connectivity index (χ4n) is 1.25. The molecule has 1 aliphatic heterocycles. The molecule has 0 radical (unpaired) electrons. The van der Waals surface area contributed by atoms with Crippen LogP contribution in [0.2, 0.25) is 0 Å². The quantitative estimate of drug-likeness (QED) is 0.687. The number of hydrogen-bond acceptors (Lipinski definition) is 2. The average molecular weight is 208 g/mol. The van der Waals surface area contributed by atoms with Gasteiger partial charge in [-0.3, -0.25) is 0 Å². The summed E-state index contributed by atoms with van der Waals surface area (Å²) >= 11 is 3.91. The van der Waals surface area contributed by atoms with Crippen molar-refractivity contribution in [1.29, 1.82) is 0 Å². The van der Waals surface area contributed by atoms with Crippen LogP contribution in [0.3, 0.4) is 0 Å². The summed E-state index contributed by atoms with van der Waals surface area (Å²) in [6.45, 7) is 0. The lowest BCUT2D eigenvalue weighted by atomic mass is 10.2. The molecule has 0 N–H and O–H groups in total. The number of hydrogen-bond donors (Lipinski definition) is 0. The van der Waals surface area contributed by atoms with Crippen molar-refractivity contribution < 1.29 is 0 Å². The Morgan fingerprint density at radius 3 is 2.69 bits per heavy atom. The Labute approximate surface area is 87.8 Å². The van der Waals surface area contributed by atoms with Crippen molar-refractivity contribution in [3.8, 4) is 0 Å². The maximum absolute atomic E-state index is 2.30. The predicted octanol–water partition coefficient (Wildman–Crippen LogP) is 3.86. The molecule has 0 amide bonds. The second-order valence-corrected chi connectivity index (χ2v) is 5.03. The molecule has 1 heterocycles. The molecular formula is C11H12S2. The molecule has 1 aromatic carbocycles. The van der Waals surface area contributed by atoms with Gasteiger partial charge in [-0.1, -0.05) is 30.3 Å². The van der Waals surface area contributed by atoms with E-state index in [4.69, 9.17) is 0 Å². The van der Waals surface area contributed by atoms with E-state index in [2.05, 4.69) is 35.7 Å². The first-order chi connectivity index (χ1) is 6.47. The second-order valence-electron chi connectivity index (χ2n) is 2.92. The monoisotopic (exact) mass is 208 g/mol. The van der Waals surface area contributed by atoms with Crippen LogP contribution in [-0.2, 0) is 0 Å². The summed E-state index contributed by atoms with van der Waals surface area (Å²) in [5.74, 6) is 2.52. The first-order valence-electron chi connectivity index (χ1n) is 4.47.